The lowest BCUT2D eigenvalue weighted by atomic mass is 9.94. The Labute approximate surface area is 155 Å². The Morgan fingerprint density at radius 1 is 1.15 bits per heavy atom. The summed E-state index contributed by atoms with van der Waals surface area (Å²) in [5, 5.41) is 22.4. The molecular formula is C21H26N2O3. The van der Waals surface area contributed by atoms with Crippen LogP contribution in [0.4, 0.5) is 0 Å². The maximum absolute atomic E-state index is 10.2. The van der Waals surface area contributed by atoms with E-state index >= 15 is 0 Å². The number of hydrogen-bond donors (Lipinski definition) is 2. The molecule has 0 heterocycles. The molecule has 1 atom stereocenters. The Balaban J connectivity index is 1.79. The van der Waals surface area contributed by atoms with Gasteiger partial charge >= 0.3 is 0 Å². The first-order valence-electron chi connectivity index (χ1n) is 8.61. The van der Waals surface area contributed by atoms with Crippen molar-refractivity contribution in [1.29, 1.82) is 5.26 Å². The van der Waals surface area contributed by atoms with Crippen LogP contribution in [0.1, 0.15) is 25.0 Å². The van der Waals surface area contributed by atoms with Crippen LogP contribution in [0.25, 0.3) is 0 Å². The molecule has 0 radical (unpaired) electrons. The summed E-state index contributed by atoms with van der Waals surface area (Å²) < 4.78 is 10.7. The van der Waals surface area contributed by atoms with Gasteiger partial charge in [-0.25, -0.2) is 0 Å². The predicted octanol–water partition coefficient (Wildman–Crippen LogP) is 2.92. The molecule has 0 aromatic heterocycles. The van der Waals surface area contributed by atoms with Crippen LogP contribution in [0.15, 0.2) is 48.5 Å². The number of ether oxygens (including phenoxy) is 2. The predicted molar refractivity (Wildman–Crippen MR) is 101 cm³/mol. The van der Waals surface area contributed by atoms with E-state index in [0.717, 1.165) is 12.2 Å². The summed E-state index contributed by atoms with van der Waals surface area (Å²) in [5.41, 5.74) is 1.56. The molecule has 0 aliphatic carbocycles. The van der Waals surface area contributed by atoms with Crippen molar-refractivity contribution in [2.24, 2.45) is 0 Å². The summed E-state index contributed by atoms with van der Waals surface area (Å²) in [4.78, 5) is 0. The maximum atomic E-state index is 10.2. The van der Waals surface area contributed by atoms with Crippen LogP contribution < -0.4 is 14.8 Å². The van der Waals surface area contributed by atoms with Gasteiger partial charge in [-0.1, -0.05) is 18.2 Å². The summed E-state index contributed by atoms with van der Waals surface area (Å²) >= 11 is 0. The fourth-order valence-corrected chi connectivity index (χ4v) is 2.62. The molecule has 0 aliphatic rings. The molecular weight excluding hydrogens is 328 g/mol. The second-order valence-corrected chi connectivity index (χ2v) is 6.89. The second-order valence-electron chi connectivity index (χ2n) is 6.89. The molecule has 0 amide bonds. The number of nitrogens with zero attached hydrogens (tertiary/aromatic N) is 1. The van der Waals surface area contributed by atoms with Crippen LogP contribution in [0.2, 0.25) is 0 Å². The molecule has 2 aromatic rings. The van der Waals surface area contributed by atoms with E-state index in [-0.39, 0.29) is 12.1 Å². The second kappa shape index (κ2) is 9.23. The number of aliphatic hydroxyl groups excluding tert-OH is 1. The Hall–Kier alpha value is -2.55. The smallest absolute Gasteiger partial charge is 0.120 e. The number of aliphatic hydroxyl groups is 1. The molecule has 5 nitrogen and oxygen atoms in total. The van der Waals surface area contributed by atoms with Crippen molar-refractivity contribution in [3.63, 3.8) is 0 Å². The van der Waals surface area contributed by atoms with Gasteiger partial charge in [0.25, 0.3) is 0 Å². The first kappa shape index (κ1) is 19.8. The molecule has 0 saturated carbocycles. The van der Waals surface area contributed by atoms with E-state index in [1.165, 1.54) is 5.56 Å². The van der Waals surface area contributed by atoms with E-state index in [1.54, 1.807) is 31.4 Å². The maximum Gasteiger partial charge on any atom is 0.120 e. The number of nitrogens with one attached hydrogen (secondary N) is 1. The third-order valence-electron chi connectivity index (χ3n) is 4.03. The summed E-state index contributed by atoms with van der Waals surface area (Å²) in [6, 6.07) is 17.0. The third-order valence-corrected chi connectivity index (χ3v) is 4.03. The molecule has 2 aromatic carbocycles. The highest BCUT2D eigenvalue weighted by Gasteiger charge is 2.19. The van der Waals surface area contributed by atoms with Gasteiger partial charge in [-0.15, -0.1) is 0 Å². The zero-order chi connectivity index (χ0) is 19.0. The van der Waals surface area contributed by atoms with Crippen molar-refractivity contribution in [2.45, 2.75) is 31.9 Å². The molecule has 0 aliphatic heterocycles. The zero-order valence-electron chi connectivity index (χ0n) is 15.5. The largest absolute Gasteiger partial charge is 0.497 e. The highest BCUT2D eigenvalue weighted by atomic mass is 16.5. The minimum atomic E-state index is -0.643. The van der Waals surface area contributed by atoms with Crippen LogP contribution in [0.3, 0.4) is 0 Å². The average Bonchev–Trinajstić information content (AvgIpc) is 2.65. The van der Waals surface area contributed by atoms with Gasteiger partial charge in [0.2, 0.25) is 0 Å². The molecule has 0 bridgehead atoms. The summed E-state index contributed by atoms with van der Waals surface area (Å²) in [7, 11) is 1.65. The molecule has 1 unspecified atom stereocenters. The van der Waals surface area contributed by atoms with Gasteiger partial charge in [0.05, 0.1) is 18.7 Å². The van der Waals surface area contributed by atoms with Gasteiger partial charge in [-0.05, 0) is 56.2 Å². The van der Waals surface area contributed by atoms with E-state index in [2.05, 4.69) is 25.2 Å². The third kappa shape index (κ3) is 6.40. The van der Waals surface area contributed by atoms with E-state index in [4.69, 9.17) is 14.7 Å². The quantitative estimate of drug-likeness (QED) is 0.724. The normalized spacial score (nSPS) is 12.3. The molecule has 138 valence electrons. The number of nitriles is 1. The summed E-state index contributed by atoms with van der Waals surface area (Å²) in [5.74, 6) is 1.42. The topological polar surface area (TPSA) is 74.5 Å². The van der Waals surface area contributed by atoms with E-state index in [1.807, 2.05) is 24.3 Å². The van der Waals surface area contributed by atoms with E-state index in [9.17, 15) is 5.11 Å². The number of hydrogen-bond acceptors (Lipinski definition) is 5. The molecule has 0 saturated heterocycles. The Bertz CT molecular complexity index is 736. The highest BCUT2D eigenvalue weighted by Crippen LogP contribution is 2.17. The van der Waals surface area contributed by atoms with Crippen molar-refractivity contribution in [2.75, 3.05) is 20.3 Å². The highest BCUT2D eigenvalue weighted by molar-refractivity contribution is 5.36. The number of rotatable bonds is 9. The van der Waals surface area contributed by atoms with Crippen LogP contribution in [-0.2, 0) is 6.42 Å². The lowest BCUT2D eigenvalue weighted by Gasteiger charge is -2.28. The Morgan fingerprint density at radius 2 is 1.88 bits per heavy atom. The molecule has 5 heteroatoms. The van der Waals surface area contributed by atoms with Crippen LogP contribution in [0.5, 0.6) is 11.5 Å². The fraction of sp³-hybridized carbons (Fsp3) is 0.381. The summed E-state index contributed by atoms with van der Waals surface area (Å²) in [6.45, 7) is 4.78. The molecule has 0 spiro atoms. The van der Waals surface area contributed by atoms with Crippen molar-refractivity contribution in [3.05, 3.63) is 59.7 Å². The van der Waals surface area contributed by atoms with Gasteiger partial charge in [-0.3, -0.25) is 0 Å². The molecule has 26 heavy (non-hydrogen) atoms. The first-order chi connectivity index (χ1) is 12.4. The SMILES string of the molecule is COc1ccc(CC(C)(C)NCC(O)COc2cccc(C#N)c2)cc1. The van der Waals surface area contributed by atoms with E-state index in [0.29, 0.717) is 17.9 Å². The van der Waals surface area contributed by atoms with Crippen molar-refractivity contribution >= 4 is 0 Å². The monoisotopic (exact) mass is 354 g/mol. The van der Waals surface area contributed by atoms with Gasteiger partial charge in [0.1, 0.15) is 24.2 Å². The Kier molecular flexibility index (Phi) is 7.02. The van der Waals surface area contributed by atoms with Gasteiger partial charge in [0.15, 0.2) is 0 Å². The standard InChI is InChI=1S/C21H26N2O3/c1-21(2,12-16-7-9-19(25-3)10-8-16)23-14-18(24)15-26-20-6-4-5-17(11-20)13-22/h4-11,18,23-24H,12,14-15H2,1-3H3. The van der Waals surface area contributed by atoms with Crippen molar-refractivity contribution < 1.29 is 14.6 Å². The van der Waals surface area contributed by atoms with Gasteiger partial charge < -0.3 is 19.9 Å². The summed E-state index contributed by atoms with van der Waals surface area (Å²) in [6.07, 6.45) is 0.185. The lowest BCUT2D eigenvalue weighted by molar-refractivity contribution is 0.0988. The average molecular weight is 354 g/mol. The van der Waals surface area contributed by atoms with Crippen LogP contribution >= 0.6 is 0 Å². The molecule has 2 N–H and O–H groups in total. The zero-order valence-corrected chi connectivity index (χ0v) is 15.5. The van der Waals surface area contributed by atoms with Crippen LogP contribution in [0, 0.1) is 11.3 Å². The van der Waals surface area contributed by atoms with Crippen LogP contribution in [-0.4, -0.2) is 37.0 Å². The lowest BCUT2D eigenvalue weighted by Crippen LogP contribution is -2.46. The number of β-amino-alcohol motifs (C(OH)–C–C–N with tert-alkyl or cyclic N) is 1. The number of methoxy groups -OCH3 is 1. The molecule has 0 fully saturated rings. The van der Waals surface area contributed by atoms with Gasteiger partial charge in [0, 0.05) is 12.1 Å². The van der Waals surface area contributed by atoms with Crippen molar-refractivity contribution in [3.8, 4) is 17.6 Å². The molecule has 2 rings (SSSR count). The first-order valence-corrected chi connectivity index (χ1v) is 8.61. The van der Waals surface area contributed by atoms with E-state index < -0.39 is 6.10 Å². The minimum Gasteiger partial charge on any atom is -0.497 e. The minimum absolute atomic E-state index is 0.167. The fourth-order valence-electron chi connectivity index (χ4n) is 2.62. The van der Waals surface area contributed by atoms with Crippen molar-refractivity contribution in [1.82, 2.24) is 5.32 Å². The Morgan fingerprint density at radius 3 is 2.54 bits per heavy atom. The number of benzene rings is 2. The van der Waals surface area contributed by atoms with Gasteiger partial charge in [-0.2, -0.15) is 5.26 Å².